The highest BCUT2D eigenvalue weighted by molar-refractivity contribution is 9.10. The monoisotopic (exact) mass is 487 g/mol. The Morgan fingerprint density at radius 2 is 1.73 bits per heavy atom. The molecule has 156 valence electrons. The van der Waals surface area contributed by atoms with E-state index in [4.69, 9.17) is 11.6 Å². The summed E-state index contributed by atoms with van der Waals surface area (Å²) >= 11 is 9.54. The van der Waals surface area contributed by atoms with Crippen LogP contribution in [0.25, 0.3) is 5.76 Å². The molecule has 2 aromatic carbocycles. The van der Waals surface area contributed by atoms with Gasteiger partial charge >= 0.3 is 0 Å². The molecule has 1 aliphatic heterocycles. The molecule has 1 saturated heterocycles. The number of halogens is 2. The average Bonchev–Trinajstić information content (AvgIpc) is 3.01. The number of rotatable bonds is 3. The van der Waals surface area contributed by atoms with Crippen molar-refractivity contribution in [3.05, 3.63) is 74.2 Å². The van der Waals surface area contributed by atoms with Crippen molar-refractivity contribution in [1.82, 2.24) is 4.90 Å². The number of Topliss-reactive ketones (excluding diaryl/α,β-unsaturated/α-hetero) is 1. The van der Waals surface area contributed by atoms with Crippen molar-refractivity contribution in [1.29, 1.82) is 0 Å². The zero-order valence-corrected chi connectivity index (χ0v) is 19.0. The summed E-state index contributed by atoms with van der Waals surface area (Å²) in [4.78, 5) is 27.9. The molecule has 0 spiro atoms. The molecule has 1 amide bonds. The van der Waals surface area contributed by atoms with Crippen LogP contribution in [-0.4, -0.2) is 27.7 Å². The predicted octanol–water partition coefficient (Wildman–Crippen LogP) is 6.17. The summed E-state index contributed by atoms with van der Waals surface area (Å²) in [6, 6.07) is 11.9. The Kier molecular flexibility index (Phi) is 6.03. The lowest BCUT2D eigenvalue weighted by Crippen LogP contribution is -2.40. The lowest BCUT2D eigenvalue weighted by molar-refractivity contribution is -0.141. The van der Waals surface area contributed by atoms with Crippen LogP contribution >= 0.6 is 27.5 Å². The Morgan fingerprint density at radius 1 is 1.07 bits per heavy atom. The summed E-state index contributed by atoms with van der Waals surface area (Å²) in [5, 5.41) is 11.7. The summed E-state index contributed by atoms with van der Waals surface area (Å²) in [6.45, 7) is 1.91. The van der Waals surface area contributed by atoms with Gasteiger partial charge in [-0.1, -0.05) is 65.0 Å². The van der Waals surface area contributed by atoms with Crippen molar-refractivity contribution < 1.29 is 14.7 Å². The van der Waals surface area contributed by atoms with Crippen LogP contribution in [0.1, 0.15) is 54.8 Å². The molecular formula is C24H23BrClNO3. The van der Waals surface area contributed by atoms with Crippen molar-refractivity contribution in [2.75, 3.05) is 0 Å². The van der Waals surface area contributed by atoms with E-state index in [0.717, 1.165) is 47.7 Å². The molecule has 2 aromatic rings. The van der Waals surface area contributed by atoms with Crippen LogP contribution in [0.3, 0.4) is 0 Å². The van der Waals surface area contributed by atoms with Crippen LogP contribution in [0.5, 0.6) is 0 Å². The molecule has 1 saturated carbocycles. The molecule has 0 bridgehead atoms. The molecule has 6 heteroatoms. The highest BCUT2D eigenvalue weighted by atomic mass is 79.9. The number of carbonyl (C=O) groups is 2. The zero-order chi connectivity index (χ0) is 21.4. The molecule has 1 unspecified atom stereocenters. The maximum absolute atomic E-state index is 13.1. The van der Waals surface area contributed by atoms with E-state index < -0.39 is 17.7 Å². The number of likely N-dealkylation sites (tertiary alicyclic amines) is 1. The van der Waals surface area contributed by atoms with E-state index in [9.17, 15) is 14.7 Å². The van der Waals surface area contributed by atoms with Gasteiger partial charge in [0.2, 0.25) is 0 Å². The molecule has 4 nitrogen and oxygen atoms in total. The van der Waals surface area contributed by atoms with Crippen LogP contribution in [0.2, 0.25) is 5.02 Å². The summed E-state index contributed by atoms with van der Waals surface area (Å²) < 4.78 is 0.913. The third-order valence-corrected chi connectivity index (χ3v) is 7.21. The molecule has 1 heterocycles. The van der Waals surface area contributed by atoms with Gasteiger partial charge in [-0.05, 0) is 55.2 Å². The number of hydrogen-bond acceptors (Lipinski definition) is 3. The van der Waals surface area contributed by atoms with E-state index >= 15 is 0 Å². The Morgan fingerprint density at radius 3 is 2.37 bits per heavy atom. The molecule has 30 heavy (non-hydrogen) atoms. The number of amides is 1. The van der Waals surface area contributed by atoms with Crippen molar-refractivity contribution >= 4 is 45.0 Å². The van der Waals surface area contributed by atoms with Crippen molar-refractivity contribution in [3.8, 4) is 0 Å². The number of ketones is 1. The normalized spacial score (nSPS) is 22.0. The van der Waals surface area contributed by atoms with Crippen molar-refractivity contribution in [3.63, 3.8) is 0 Å². The van der Waals surface area contributed by atoms with Crippen LogP contribution in [0, 0.1) is 6.92 Å². The van der Waals surface area contributed by atoms with Crippen molar-refractivity contribution in [2.45, 2.75) is 51.1 Å². The fourth-order valence-corrected chi connectivity index (χ4v) is 4.88. The maximum Gasteiger partial charge on any atom is 0.295 e. The lowest BCUT2D eigenvalue weighted by atomic mass is 9.91. The SMILES string of the molecule is Cc1cc(/C(O)=C2/C(=O)C(=O)N(C3CCCCC3)C2c2ccc(Cl)cc2)ccc1Br. The highest BCUT2D eigenvalue weighted by Gasteiger charge is 2.48. The quantitative estimate of drug-likeness (QED) is 0.319. The van der Waals surface area contributed by atoms with Gasteiger partial charge in [-0.25, -0.2) is 0 Å². The van der Waals surface area contributed by atoms with Gasteiger partial charge in [-0.15, -0.1) is 0 Å². The van der Waals surface area contributed by atoms with Crippen LogP contribution in [0.15, 0.2) is 52.5 Å². The average molecular weight is 489 g/mol. The molecule has 1 aliphatic carbocycles. The number of benzene rings is 2. The largest absolute Gasteiger partial charge is 0.507 e. The van der Waals surface area contributed by atoms with Gasteiger partial charge in [0.05, 0.1) is 11.6 Å². The van der Waals surface area contributed by atoms with E-state index in [1.54, 1.807) is 23.1 Å². The number of nitrogens with zero attached hydrogens (tertiary/aromatic N) is 1. The Balaban J connectivity index is 1.88. The number of aliphatic hydroxyl groups excluding tert-OH is 1. The molecule has 2 aliphatic rings. The topological polar surface area (TPSA) is 57.6 Å². The van der Waals surface area contributed by atoms with E-state index in [1.165, 1.54) is 0 Å². The first-order valence-corrected chi connectivity index (χ1v) is 11.4. The minimum atomic E-state index is -0.626. The van der Waals surface area contributed by atoms with E-state index in [-0.39, 0.29) is 17.4 Å². The second-order valence-corrected chi connectivity index (χ2v) is 9.30. The molecular weight excluding hydrogens is 466 g/mol. The first-order valence-electron chi connectivity index (χ1n) is 10.2. The molecule has 1 N–H and O–H groups in total. The van der Waals surface area contributed by atoms with Crippen molar-refractivity contribution in [2.24, 2.45) is 0 Å². The van der Waals surface area contributed by atoms with Crippen LogP contribution in [0.4, 0.5) is 0 Å². The highest BCUT2D eigenvalue weighted by Crippen LogP contribution is 2.43. The van der Waals surface area contributed by atoms with E-state index in [0.29, 0.717) is 10.6 Å². The fraction of sp³-hybridized carbons (Fsp3) is 0.333. The van der Waals surface area contributed by atoms with Gasteiger partial charge in [-0.2, -0.15) is 0 Å². The fourth-order valence-electron chi connectivity index (χ4n) is 4.51. The third-order valence-electron chi connectivity index (χ3n) is 6.07. The molecule has 4 rings (SSSR count). The first kappa shape index (κ1) is 21.1. The van der Waals surface area contributed by atoms with E-state index in [2.05, 4.69) is 15.9 Å². The molecule has 2 fully saturated rings. The Bertz CT molecular complexity index is 1030. The van der Waals surface area contributed by atoms with Crippen LogP contribution < -0.4 is 0 Å². The third kappa shape index (κ3) is 3.81. The first-order chi connectivity index (χ1) is 14.4. The number of aliphatic hydroxyl groups is 1. The number of carbonyl (C=O) groups excluding carboxylic acids is 2. The number of hydrogen-bond donors (Lipinski definition) is 1. The predicted molar refractivity (Wildman–Crippen MR) is 121 cm³/mol. The van der Waals surface area contributed by atoms with Crippen LogP contribution in [-0.2, 0) is 9.59 Å². The zero-order valence-electron chi connectivity index (χ0n) is 16.7. The summed E-state index contributed by atoms with van der Waals surface area (Å²) in [5.74, 6) is -1.29. The second-order valence-electron chi connectivity index (χ2n) is 8.01. The maximum atomic E-state index is 13.1. The second kappa shape index (κ2) is 8.56. The summed E-state index contributed by atoms with van der Waals surface area (Å²) in [6.07, 6.45) is 4.95. The van der Waals surface area contributed by atoms with Gasteiger partial charge in [-0.3, -0.25) is 9.59 Å². The van der Waals surface area contributed by atoms with Gasteiger partial charge < -0.3 is 10.0 Å². The summed E-state index contributed by atoms with van der Waals surface area (Å²) in [7, 11) is 0. The summed E-state index contributed by atoms with van der Waals surface area (Å²) in [5.41, 5.74) is 2.38. The molecule has 0 aromatic heterocycles. The smallest absolute Gasteiger partial charge is 0.295 e. The van der Waals surface area contributed by atoms with E-state index in [1.807, 2.05) is 31.2 Å². The number of aryl methyl sites for hydroxylation is 1. The molecule has 1 atom stereocenters. The molecule has 0 radical (unpaired) electrons. The Hall–Kier alpha value is -2.11. The minimum absolute atomic E-state index is 0.00664. The Labute approximate surface area is 189 Å². The lowest BCUT2D eigenvalue weighted by Gasteiger charge is -2.35. The van der Waals surface area contributed by atoms with Gasteiger partial charge in [0, 0.05) is 21.1 Å². The van der Waals surface area contributed by atoms with Gasteiger partial charge in [0.15, 0.2) is 0 Å². The van der Waals surface area contributed by atoms with Gasteiger partial charge in [0.25, 0.3) is 11.7 Å². The van der Waals surface area contributed by atoms with Gasteiger partial charge in [0.1, 0.15) is 5.76 Å². The standard InChI is InChI=1S/C24H23BrClNO3/c1-14-13-16(9-12-19(14)25)22(28)20-21(15-7-10-17(26)11-8-15)27(24(30)23(20)29)18-5-3-2-4-6-18/h7-13,18,21,28H,2-6H2,1H3/b22-20-. The minimum Gasteiger partial charge on any atom is -0.507 e.